The molecule has 16 heavy (non-hydrogen) atoms. The Balaban J connectivity index is 2.45. The van der Waals surface area contributed by atoms with Gasteiger partial charge in [0.2, 0.25) is 5.91 Å². The van der Waals surface area contributed by atoms with Crippen molar-refractivity contribution >= 4 is 5.91 Å². The van der Waals surface area contributed by atoms with E-state index in [2.05, 4.69) is 0 Å². The first-order valence-corrected chi connectivity index (χ1v) is 5.17. The van der Waals surface area contributed by atoms with E-state index >= 15 is 0 Å². The molecule has 1 amide bonds. The summed E-state index contributed by atoms with van der Waals surface area (Å²) in [7, 11) is 3.35. The van der Waals surface area contributed by atoms with Crippen LogP contribution in [0.3, 0.4) is 0 Å². The number of hydrogen-bond acceptors (Lipinski definition) is 3. The third kappa shape index (κ3) is 3.55. The molecule has 0 spiro atoms. The summed E-state index contributed by atoms with van der Waals surface area (Å²) in [5.74, 6) is 0.597. The van der Waals surface area contributed by atoms with Crippen molar-refractivity contribution in [2.24, 2.45) is 5.73 Å². The van der Waals surface area contributed by atoms with Gasteiger partial charge in [0.05, 0.1) is 0 Å². The van der Waals surface area contributed by atoms with E-state index in [0.717, 1.165) is 5.75 Å². The minimum atomic E-state index is -0.615. The lowest BCUT2D eigenvalue weighted by atomic mass is 10.2. The summed E-state index contributed by atoms with van der Waals surface area (Å²) in [6.07, 6.45) is 0. The van der Waals surface area contributed by atoms with Crippen LogP contribution in [0.4, 0.5) is 0 Å². The number of ether oxygens (including phenoxy) is 1. The molecule has 0 radical (unpaired) electrons. The summed E-state index contributed by atoms with van der Waals surface area (Å²) in [4.78, 5) is 12.9. The van der Waals surface area contributed by atoms with Crippen molar-refractivity contribution in [3.05, 3.63) is 29.8 Å². The highest BCUT2D eigenvalue weighted by Crippen LogP contribution is 2.11. The largest absolute Gasteiger partial charge is 0.491 e. The van der Waals surface area contributed by atoms with E-state index < -0.39 is 6.04 Å². The van der Waals surface area contributed by atoms with Gasteiger partial charge < -0.3 is 15.4 Å². The fraction of sp³-hybridized carbons (Fsp3) is 0.417. The zero-order valence-corrected chi connectivity index (χ0v) is 9.93. The molecule has 0 saturated carbocycles. The second-order valence-corrected chi connectivity index (χ2v) is 3.96. The number of hydrogen-bond donors (Lipinski definition) is 1. The molecular formula is C12H18N2O2. The van der Waals surface area contributed by atoms with Crippen molar-refractivity contribution in [1.29, 1.82) is 0 Å². The maximum Gasteiger partial charge on any atom is 0.242 e. The number of likely N-dealkylation sites (N-methyl/N-ethyl adjacent to an activating group) is 1. The first-order chi connectivity index (χ1) is 7.50. The summed E-state index contributed by atoms with van der Waals surface area (Å²) >= 11 is 0. The number of rotatable bonds is 4. The SMILES string of the molecule is Cc1ccc(OC[C@@H](N)C(=O)N(C)C)cc1. The van der Waals surface area contributed by atoms with Gasteiger partial charge in [-0.25, -0.2) is 0 Å². The first-order valence-electron chi connectivity index (χ1n) is 5.17. The Labute approximate surface area is 96.0 Å². The van der Waals surface area contributed by atoms with Crippen molar-refractivity contribution in [2.45, 2.75) is 13.0 Å². The lowest BCUT2D eigenvalue weighted by Gasteiger charge is -2.17. The summed E-state index contributed by atoms with van der Waals surface area (Å²) < 4.78 is 5.42. The molecule has 1 aromatic carbocycles. The summed E-state index contributed by atoms with van der Waals surface area (Å²) in [5, 5.41) is 0. The van der Waals surface area contributed by atoms with Crippen LogP contribution in [0.1, 0.15) is 5.56 Å². The quantitative estimate of drug-likeness (QED) is 0.819. The predicted octanol–water partition coefficient (Wildman–Crippen LogP) is 0.789. The molecule has 1 aromatic rings. The van der Waals surface area contributed by atoms with E-state index in [0.29, 0.717) is 0 Å². The second-order valence-electron chi connectivity index (χ2n) is 3.96. The lowest BCUT2D eigenvalue weighted by Crippen LogP contribution is -2.43. The fourth-order valence-corrected chi connectivity index (χ4v) is 1.22. The molecule has 0 unspecified atom stereocenters. The van der Waals surface area contributed by atoms with Crippen LogP contribution in [-0.4, -0.2) is 37.6 Å². The smallest absolute Gasteiger partial charge is 0.242 e. The van der Waals surface area contributed by atoms with E-state index in [-0.39, 0.29) is 12.5 Å². The molecular weight excluding hydrogens is 204 g/mol. The average Bonchev–Trinajstić information content (AvgIpc) is 2.26. The molecule has 88 valence electrons. The Morgan fingerprint density at radius 2 is 1.94 bits per heavy atom. The highest BCUT2D eigenvalue weighted by Gasteiger charge is 2.15. The monoisotopic (exact) mass is 222 g/mol. The molecule has 0 aliphatic heterocycles. The van der Waals surface area contributed by atoms with Gasteiger partial charge in [-0.1, -0.05) is 17.7 Å². The Morgan fingerprint density at radius 3 is 2.44 bits per heavy atom. The number of carbonyl (C=O) groups excluding carboxylic acids is 1. The normalized spacial score (nSPS) is 12.0. The van der Waals surface area contributed by atoms with Crippen LogP contribution in [0, 0.1) is 6.92 Å². The summed E-state index contributed by atoms with van der Waals surface area (Å²) in [6, 6.07) is 7.02. The molecule has 4 heteroatoms. The highest BCUT2D eigenvalue weighted by atomic mass is 16.5. The number of amides is 1. The number of carbonyl (C=O) groups is 1. The van der Waals surface area contributed by atoms with Crippen LogP contribution in [0.5, 0.6) is 5.75 Å². The number of aryl methyl sites for hydroxylation is 1. The molecule has 1 rings (SSSR count). The Bertz CT molecular complexity index is 347. The number of benzene rings is 1. The molecule has 1 atom stereocenters. The third-order valence-corrected chi connectivity index (χ3v) is 2.21. The van der Waals surface area contributed by atoms with Crippen molar-refractivity contribution in [2.75, 3.05) is 20.7 Å². The van der Waals surface area contributed by atoms with Crippen LogP contribution < -0.4 is 10.5 Å². The molecule has 0 aliphatic rings. The maximum atomic E-state index is 11.4. The molecule has 0 bridgehead atoms. The van der Waals surface area contributed by atoms with E-state index in [9.17, 15) is 4.79 Å². The van der Waals surface area contributed by atoms with Gasteiger partial charge >= 0.3 is 0 Å². The van der Waals surface area contributed by atoms with Crippen molar-refractivity contribution in [3.63, 3.8) is 0 Å². The topological polar surface area (TPSA) is 55.6 Å². The second kappa shape index (κ2) is 5.51. The van der Waals surface area contributed by atoms with Gasteiger partial charge in [0.25, 0.3) is 0 Å². The summed E-state index contributed by atoms with van der Waals surface area (Å²) in [5.41, 5.74) is 6.85. The van der Waals surface area contributed by atoms with Crippen LogP contribution in [0.25, 0.3) is 0 Å². The van der Waals surface area contributed by atoms with E-state index in [1.807, 2.05) is 31.2 Å². The molecule has 0 aliphatic carbocycles. The average molecular weight is 222 g/mol. The minimum Gasteiger partial charge on any atom is -0.491 e. The number of nitrogens with two attached hydrogens (primary N) is 1. The van der Waals surface area contributed by atoms with Gasteiger partial charge in [0, 0.05) is 14.1 Å². The molecule has 2 N–H and O–H groups in total. The lowest BCUT2D eigenvalue weighted by molar-refractivity contribution is -0.130. The molecule has 0 saturated heterocycles. The Hall–Kier alpha value is -1.55. The van der Waals surface area contributed by atoms with Gasteiger partial charge in [-0.3, -0.25) is 4.79 Å². The van der Waals surface area contributed by atoms with Crippen LogP contribution in [0.2, 0.25) is 0 Å². The predicted molar refractivity (Wildman–Crippen MR) is 63.3 cm³/mol. The van der Waals surface area contributed by atoms with Gasteiger partial charge in [-0.15, -0.1) is 0 Å². The van der Waals surface area contributed by atoms with Gasteiger partial charge in [0.15, 0.2) is 0 Å². The van der Waals surface area contributed by atoms with E-state index in [1.54, 1.807) is 14.1 Å². The van der Waals surface area contributed by atoms with Gasteiger partial charge in [-0.2, -0.15) is 0 Å². The molecule has 0 heterocycles. The van der Waals surface area contributed by atoms with Crippen LogP contribution >= 0.6 is 0 Å². The van der Waals surface area contributed by atoms with Gasteiger partial charge in [-0.05, 0) is 19.1 Å². The molecule has 0 fully saturated rings. The zero-order chi connectivity index (χ0) is 12.1. The Kier molecular flexibility index (Phi) is 4.31. The van der Waals surface area contributed by atoms with Crippen molar-refractivity contribution in [3.8, 4) is 5.75 Å². The highest BCUT2D eigenvalue weighted by molar-refractivity contribution is 5.81. The van der Waals surface area contributed by atoms with Crippen LogP contribution in [0.15, 0.2) is 24.3 Å². The van der Waals surface area contributed by atoms with Crippen molar-refractivity contribution in [1.82, 2.24) is 4.90 Å². The standard InChI is InChI=1S/C12H18N2O2/c1-9-4-6-10(7-5-9)16-8-11(13)12(15)14(2)3/h4-7,11H,8,13H2,1-3H3/t11-/m1/s1. The maximum absolute atomic E-state index is 11.4. The summed E-state index contributed by atoms with van der Waals surface area (Å²) in [6.45, 7) is 2.20. The fourth-order valence-electron chi connectivity index (χ4n) is 1.22. The van der Waals surface area contributed by atoms with E-state index in [4.69, 9.17) is 10.5 Å². The zero-order valence-electron chi connectivity index (χ0n) is 9.93. The Morgan fingerprint density at radius 1 is 1.38 bits per heavy atom. The minimum absolute atomic E-state index is 0.132. The third-order valence-electron chi connectivity index (χ3n) is 2.21. The molecule has 0 aromatic heterocycles. The molecule has 4 nitrogen and oxygen atoms in total. The van der Waals surface area contributed by atoms with E-state index in [1.165, 1.54) is 10.5 Å². The first kappa shape index (κ1) is 12.5. The van der Waals surface area contributed by atoms with Crippen molar-refractivity contribution < 1.29 is 9.53 Å². The van der Waals surface area contributed by atoms with Crippen LogP contribution in [-0.2, 0) is 4.79 Å². The number of nitrogens with zero attached hydrogens (tertiary/aromatic N) is 1. The van der Waals surface area contributed by atoms with Gasteiger partial charge in [0.1, 0.15) is 18.4 Å².